The number of aliphatic carboxylic acids is 1. The zero-order valence-electron chi connectivity index (χ0n) is 13.8. The molecule has 2 unspecified atom stereocenters. The van der Waals surface area contributed by atoms with E-state index in [0.717, 1.165) is 5.56 Å². The van der Waals surface area contributed by atoms with Crippen LogP contribution >= 0.6 is 0 Å². The first-order chi connectivity index (χ1) is 11.3. The number of urea groups is 1. The van der Waals surface area contributed by atoms with Crippen LogP contribution in [0.3, 0.4) is 0 Å². The van der Waals surface area contributed by atoms with Gasteiger partial charge in [0.25, 0.3) is 0 Å². The number of nitrogens with one attached hydrogen (secondary N) is 2. The molecule has 2 heterocycles. The van der Waals surface area contributed by atoms with Crippen molar-refractivity contribution in [2.45, 2.75) is 26.8 Å². The molecule has 8 nitrogen and oxygen atoms in total. The number of rotatable bonds is 4. The normalized spacial score (nSPS) is 20.3. The van der Waals surface area contributed by atoms with Crippen molar-refractivity contribution >= 4 is 23.7 Å². The third-order valence-corrected chi connectivity index (χ3v) is 3.87. The summed E-state index contributed by atoms with van der Waals surface area (Å²) in [7, 11) is 0. The zero-order valence-corrected chi connectivity index (χ0v) is 13.8. The lowest BCUT2D eigenvalue weighted by atomic mass is 9.91. The molecular weight excluding hydrogens is 312 g/mol. The number of carboxylic acid groups (broad SMARTS) is 1. The van der Waals surface area contributed by atoms with Gasteiger partial charge in [0.15, 0.2) is 0 Å². The molecule has 24 heavy (non-hydrogen) atoms. The van der Waals surface area contributed by atoms with Gasteiger partial charge in [-0.15, -0.1) is 0 Å². The lowest BCUT2D eigenvalue weighted by Crippen LogP contribution is -2.49. The summed E-state index contributed by atoms with van der Waals surface area (Å²) in [5.74, 6) is -0.970. The predicted molar refractivity (Wildman–Crippen MR) is 87.3 cm³/mol. The number of hydrogen-bond acceptors (Lipinski definition) is 4. The third kappa shape index (κ3) is 4.94. The van der Waals surface area contributed by atoms with Crippen molar-refractivity contribution < 1.29 is 19.5 Å². The van der Waals surface area contributed by atoms with Crippen molar-refractivity contribution in [3.05, 3.63) is 23.9 Å². The van der Waals surface area contributed by atoms with E-state index in [1.54, 1.807) is 23.2 Å². The Balaban J connectivity index is 1.88. The average molecular weight is 334 g/mol. The first-order valence-corrected chi connectivity index (χ1v) is 7.83. The van der Waals surface area contributed by atoms with Crippen molar-refractivity contribution in [3.63, 3.8) is 0 Å². The van der Waals surface area contributed by atoms with Gasteiger partial charge in [-0.05, 0) is 24.0 Å². The summed E-state index contributed by atoms with van der Waals surface area (Å²) in [6.45, 7) is 4.41. The maximum atomic E-state index is 12.2. The second-order valence-electron chi connectivity index (χ2n) is 6.17. The first-order valence-electron chi connectivity index (χ1n) is 7.83. The van der Waals surface area contributed by atoms with Gasteiger partial charge in [-0.2, -0.15) is 0 Å². The van der Waals surface area contributed by atoms with E-state index in [4.69, 9.17) is 5.11 Å². The molecule has 1 aromatic rings. The Kier molecular flexibility index (Phi) is 5.73. The standard InChI is InChI=1S/C16H22N4O4/c1-10-5-13(15(22)23)9-20(8-10)16(24)18-7-12-3-4-14(17-6-12)19-11(2)21/h3-4,6,10,13H,5,7-9H2,1-2H3,(H,18,24)(H,22,23)(H,17,19,21). The minimum atomic E-state index is -0.864. The van der Waals surface area contributed by atoms with Crippen LogP contribution in [0.2, 0.25) is 0 Å². The second kappa shape index (κ2) is 7.76. The van der Waals surface area contributed by atoms with Crippen molar-refractivity contribution in [2.24, 2.45) is 11.8 Å². The van der Waals surface area contributed by atoms with E-state index in [1.165, 1.54) is 6.92 Å². The molecule has 1 fully saturated rings. The summed E-state index contributed by atoms with van der Waals surface area (Å²) in [6, 6.07) is 3.14. The fourth-order valence-electron chi connectivity index (χ4n) is 2.77. The van der Waals surface area contributed by atoms with Gasteiger partial charge < -0.3 is 20.6 Å². The largest absolute Gasteiger partial charge is 0.481 e. The molecule has 0 radical (unpaired) electrons. The van der Waals surface area contributed by atoms with Crippen LogP contribution in [0.25, 0.3) is 0 Å². The number of nitrogens with zero attached hydrogens (tertiary/aromatic N) is 2. The molecule has 1 saturated heterocycles. The smallest absolute Gasteiger partial charge is 0.317 e. The van der Waals surface area contributed by atoms with E-state index in [2.05, 4.69) is 15.6 Å². The summed E-state index contributed by atoms with van der Waals surface area (Å²) < 4.78 is 0. The lowest BCUT2D eigenvalue weighted by Gasteiger charge is -2.34. The molecule has 0 spiro atoms. The number of carboxylic acids is 1. The number of amides is 3. The topological polar surface area (TPSA) is 112 Å². The number of piperidine rings is 1. The Labute approximate surface area is 140 Å². The highest BCUT2D eigenvalue weighted by atomic mass is 16.4. The van der Waals surface area contributed by atoms with Crippen LogP contribution < -0.4 is 10.6 Å². The van der Waals surface area contributed by atoms with Gasteiger partial charge in [-0.25, -0.2) is 9.78 Å². The van der Waals surface area contributed by atoms with Crippen LogP contribution in [0, 0.1) is 11.8 Å². The van der Waals surface area contributed by atoms with Gasteiger partial charge in [-0.1, -0.05) is 13.0 Å². The first kappa shape index (κ1) is 17.7. The average Bonchev–Trinajstić information content (AvgIpc) is 2.52. The molecule has 0 aromatic carbocycles. The fraction of sp³-hybridized carbons (Fsp3) is 0.500. The highest BCUT2D eigenvalue weighted by Gasteiger charge is 2.31. The van der Waals surface area contributed by atoms with E-state index in [1.807, 2.05) is 6.92 Å². The quantitative estimate of drug-likeness (QED) is 0.768. The van der Waals surface area contributed by atoms with Crippen LogP contribution in [0.1, 0.15) is 25.8 Å². The number of likely N-dealkylation sites (tertiary alicyclic amines) is 1. The Hall–Kier alpha value is -2.64. The number of carbonyl (C=O) groups is 3. The fourth-order valence-corrected chi connectivity index (χ4v) is 2.77. The van der Waals surface area contributed by atoms with Crippen LogP contribution in [-0.4, -0.2) is 46.0 Å². The minimum absolute atomic E-state index is 0.157. The van der Waals surface area contributed by atoms with Crippen molar-refractivity contribution in [3.8, 4) is 0 Å². The van der Waals surface area contributed by atoms with Crippen LogP contribution in [0.5, 0.6) is 0 Å². The molecule has 0 saturated carbocycles. The van der Waals surface area contributed by atoms with Crippen LogP contribution in [0.4, 0.5) is 10.6 Å². The number of anilines is 1. The Bertz CT molecular complexity index is 617. The molecule has 2 atom stereocenters. The van der Waals surface area contributed by atoms with Gasteiger partial charge >= 0.3 is 12.0 Å². The Morgan fingerprint density at radius 3 is 2.67 bits per heavy atom. The number of hydrogen-bond donors (Lipinski definition) is 3. The third-order valence-electron chi connectivity index (χ3n) is 3.87. The number of carbonyl (C=O) groups excluding carboxylic acids is 2. The minimum Gasteiger partial charge on any atom is -0.481 e. The molecule has 1 aliphatic rings. The van der Waals surface area contributed by atoms with E-state index in [-0.39, 0.29) is 30.9 Å². The molecule has 2 rings (SSSR count). The summed E-state index contributed by atoms with van der Waals surface area (Å²) in [4.78, 5) is 40.0. The van der Waals surface area contributed by atoms with Gasteiger partial charge in [0.05, 0.1) is 5.92 Å². The SMILES string of the molecule is CC(=O)Nc1ccc(CNC(=O)N2CC(C)CC(C(=O)O)C2)cn1. The van der Waals surface area contributed by atoms with Crippen LogP contribution in [0.15, 0.2) is 18.3 Å². The molecule has 3 N–H and O–H groups in total. The summed E-state index contributed by atoms with van der Waals surface area (Å²) in [6.07, 6.45) is 2.16. The predicted octanol–water partition coefficient (Wildman–Crippen LogP) is 1.29. The van der Waals surface area contributed by atoms with E-state index < -0.39 is 11.9 Å². The van der Waals surface area contributed by atoms with Crippen molar-refractivity contribution in [2.75, 3.05) is 18.4 Å². The molecule has 1 aliphatic heterocycles. The monoisotopic (exact) mass is 334 g/mol. The molecule has 8 heteroatoms. The zero-order chi connectivity index (χ0) is 17.7. The summed E-state index contributed by atoms with van der Waals surface area (Å²) in [5, 5.41) is 14.5. The molecular formula is C16H22N4O4. The summed E-state index contributed by atoms with van der Waals surface area (Å²) >= 11 is 0. The maximum Gasteiger partial charge on any atom is 0.317 e. The van der Waals surface area contributed by atoms with Gasteiger partial charge in [-0.3, -0.25) is 9.59 Å². The van der Waals surface area contributed by atoms with Gasteiger partial charge in [0.1, 0.15) is 5.82 Å². The Morgan fingerprint density at radius 1 is 1.33 bits per heavy atom. The molecule has 1 aromatic heterocycles. The van der Waals surface area contributed by atoms with E-state index >= 15 is 0 Å². The van der Waals surface area contributed by atoms with E-state index in [9.17, 15) is 14.4 Å². The van der Waals surface area contributed by atoms with Crippen LogP contribution in [-0.2, 0) is 16.1 Å². The second-order valence-corrected chi connectivity index (χ2v) is 6.17. The van der Waals surface area contributed by atoms with Crippen molar-refractivity contribution in [1.29, 1.82) is 0 Å². The number of aromatic nitrogens is 1. The Morgan fingerprint density at radius 2 is 2.08 bits per heavy atom. The molecule has 3 amide bonds. The van der Waals surface area contributed by atoms with Gasteiger partial charge in [0.2, 0.25) is 5.91 Å². The molecule has 0 bridgehead atoms. The van der Waals surface area contributed by atoms with Crippen molar-refractivity contribution in [1.82, 2.24) is 15.2 Å². The molecule has 0 aliphatic carbocycles. The van der Waals surface area contributed by atoms with E-state index in [0.29, 0.717) is 18.8 Å². The summed E-state index contributed by atoms with van der Waals surface area (Å²) in [5.41, 5.74) is 0.789. The maximum absolute atomic E-state index is 12.2. The molecule has 130 valence electrons. The van der Waals surface area contributed by atoms with Gasteiger partial charge in [0, 0.05) is 32.8 Å². The number of pyridine rings is 1. The highest BCUT2D eigenvalue weighted by Crippen LogP contribution is 2.21. The highest BCUT2D eigenvalue weighted by molar-refractivity contribution is 5.87. The lowest BCUT2D eigenvalue weighted by molar-refractivity contribution is -0.143.